The lowest BCUT2D eigenvalue weighted by Gasteiger charge is -2.36. The van der Waals surface area contributed by atoms with Gasteiger partial charge in [-0.1, -0.05) is 80.6 Å². The van der Waals surface area contributed by atoms with E-state index in [1.165, 1.54) is 36.0 Å². The lowest BCUT2D eigenvalue weighted by atomic mass is 9.67. The Labute approximate surface area is 187 Å². The predicted octanol–water partition coefficient (Wildman–Crippen LogP) is 7.12. The monoisotopic (exact) mass is 435 g/mol. The fourth-order valence-electron chi connectivity index (χ4n) is 5.34. The van der Waals surface area contributed by atoms with E-state index >= 15 is 0 Å². The van der Waals surface area contributed by atoms with E-state index in [2.05, 4.69) is 41.7 Å². The maximum Gasteiger partial charge on any atom is 0.282 e. The number of unbranched alkanes of at least 4 members (excludes halogenated alkanes) is 1. The maximum atomic E-state index is 13.2. The highest BCUT2D eigenvalue weighted by atomic mass is 32.2. The molecule has 2 aliphatic carbocycles. The van der Waals surface area contributed by atoms with Crippen molar-refractivity contribution in [3.05, 3.63) is 71.3 Å². The molecule has 31 heavy (non-hydrogen) atoms. The van der Waals surface area contributed by atoms with Gasteiger partial charge in [-0.2, -0.15) is 12.8 Å². The first kappa shape index (κ1) is 22.0. The molecule has 3 nitrogen and oxygen atoms in total. The molecule has 0 bridgehead atoms. The van der Waals surface area contributed by atoms with E-state index in [9.17, 15) is 8.42 Å². The zero-order valence-corrected chi connectivity index (χ0v) is 19.5. The summed E-state index contributed by atoms with van der Waals surface area (Å²) in [6, 6.07) is 17.6. The molecule has 0 saturated heterocycles. The van der Waals surface area contributed by atoms with Crippen molar-refractivity contribution in [3.63, 3.8) is 0 Å². The predicted molar refractivity (Wildman–Crippen MR) is 129 cm³/mol. The van der Waals surface area contributed by atoms with E-state index in [-0.39, 0.29) is 10.3 Å². The summed E-state index contributed by atoms with van der Waals surface area (Å²) in [6.45, 7) is 4.15. The van der Waals surface area contributed by atoms with Crippen LogP contribution in [0.4, 0.5) is 0 Å². The topological polar surface area (TPSA) is 46.5 Å². The molecule has 1 spiro atoms. The zero-order valence-electron chi connectivity index (χ0n) is 18.7. The molecular weight excluding hydrogens is 402 g/mol. The molecule has 4 heteroatoms. The van der Waals surface area contributed by atoms with Crippen molar-refractivity contribution in [1.29, 1.82) is 0 Å². The van der Waals surface area contributed by atoms with Crippen molar-refractivity contribution >= 4 is 21.3 Å². The summed E-state index contributed by atoms with van der Waals surface area (Å²) in [5.41, 5.74) is 5.68. The van der Waals surface area contributed by atoms with Gasteiger partial charge in [0.25, 0.3) is 10.0 Å². The van der Waals surface area contributed by atoms with Crippen LogP contribution in [0.3, 0.4) is 0 Å². The molecule has 164 valence electrons. The van der Waals surface area contributed by atoms with Gasteiger partial charge in [-0.25, -0.2) is 0 Å². The Morgan fingerprint density at radius 2 is 1.61 bits per heavy atom. The highest BCUT2D eigenvalue weighted by molar-refractivity contribution is 7.90. The molecular formula is C27H33NO2S. The second-order valence-corrected chi connectivity index (χ2v) is 10.8. The fraction of sp³-hybridized carbons (Fsp3) is 0.444. The van der Waals surface area contributed by atoms with Crippen LogP contribution in [-0.4, -0.2) is 14.1 Å². The number of hydrogen-bond acceptors (Lipinski definition) is 2. The molecule has 0 unspecified atom stereocenters. The van der Waals surface area contributed by atoms with Gasteiger partial charge >= 0.3 is 0 Å². The smallest absolute Gasteiger partial charge is 0.199 e. The standard InChI is InChI=1S/C27H33NO2S/c1-3-4-13-24-25(28-31(29,30)23-16-14-21(2)15-17-23)20-27(18-9-6-10-19-27)26(24)22-11-7-5-8-12-22/h5,7-8,11-12,14-17H,3-4,6,9-10,13,18-20H2,1-2H3/b28-25-. The van der Waals surface area contributed by atoms with Gasteiger partial charge in [0.05, 0.1) is 10.6 Å². The first-order valence-electron chi connectivity index (χ1n) is 11.7. The third-order valence-corrected chi connectivity index (χ3v) is 8.22. The summed E-state index contributed by atoms with van der Waals surface area (Å²) < 4.78 is 30.9. The quantitative estimate of drug-likeness (QED) is 0.485. The maximum absolute atomic E-state index is 13.2. The van der Waals surface area contributed by atoms with Crippen LogP contribution in [0.25, 0.3) is 5.57 Å². The van der Waals surface area contributed by atoms with Crippen molar-refractivity contribution in [3.8, 4) is 0 Å². The summed E-state index contributed by atoms with van der Waals surface area (Å²) in [4.78, 5) is 0.284. The number of nitrogens with zero attached hydrogens (tertiary/aromatic N) is 1. The number of hydrogen-bond donors (Lipinski definition) is 0. The molecule has 0 aromatic heterocycles. The molecule has 4 rings (SSSR count). The molecule has 0 heterocycles. The zero-order chi connectivity index (χ0) is 21.9. The van der Waals surface area contributed by atoms with Gasteiger partial charge in [0.15, 0.2) is 0 Å². The molecule has 2 aromatic carbocycles. The van der Waals surface area contributed by atoms with Gasteiger partial charge in [0.1, 0.15) is 0 Å². The van der Waals surface area contributed by atoms with Crippen LogP contribution in [0.5, 0.6) is 0 Å². The van der Waals surface area contributed by atoms with Crippen molar-refractivity contribution in [2.45, 2.75) is 76.5 Å². The average Bonchev–Trinajstić information content (AvgIpc) is 3.04. The molecule has 0 radical (unpaired) electrons. The van der Waals surface area contributed by atoms with E-state index in [0.29, 0.717) is 0 Å². The van der Waals surface area contributed by atoms with E-state index in [1.54, 1.807) is 12.1 Å². The molecule has 1 fully saturated rings. The average molecular weight is 436 g/mol. The SMILES string of the molecule is CCCCC1=C(c2ccccc2)C2(CCCCC2)C/C1=N/S(=O)(=O)c1ccc(C)cc1. The van der Waals surface area contributed by atoms with Gasteiger partial charge < -0.3 is 0 Å². The van der Waals surface area contributed by atoms with Gasteiger partial charge in [0, 0.05) is 11.8 Å². The number of rotatable bonds is 6. The molecule has 0 aliphatic heterocycles. The lowest BCUT2D eigenvalue weighted by molar-refractivity contribution is 0.286. The Hall–Kier alpha value is -2.20. The lowest BCUT2D eigenvalue weighted by Crippen LogP contribution is -2.24. The minimum Gasteiger partial charge on any atom is -0.199 e. The summed E-state index contributed by atoms with van der Waals surface area (Å²) in [5, 5.41) is 0. The number of benzene rings is 2. The largest absolute Gasteiger partial charge is 0.282 e. The van der Waals surface area contributed by atoms with Gasteiger partial charge in [-0.15, -0.1) is 0 Å². The Kier molecular flexibility index (Phi) is 6.47. The van der Waals surface area contributed by atoms with Crippen LogP contribution >= 0.6 is 0 Å². The van der Waals surface area contributed by atoms with Gasteiger partial charge in [-0.3, -0.25) is 0 Å². The van der Waals surface area contributed by atoms with Gasteiger partial charge in [0.2, 0.25) is 0 Å². The summed E-state index contributed by atoms with van der Waals surface area (Å²) in [5.74, 6) is 0. The highest BCUT2D eigenvalue weighted by Crippen LogP contribution is 2.56. The molecule has 2 aromatic rings. The van der Waals surface area contributed by atoms with E-state index < -0.39 is 10.0 Å². The first-order chi connectivity index (χ1) is 15.0. The summed E-state index contributed by atoms with van der Waals surface area (Å²) in [6.07, 6.45) is 9.69. The van der Waals surface area contributed by atoms with Crippen LogP contribution < -0.4 is 0 Å². The Bertz CT molecular complexity index is 1070. The van der Waals surface area contributed by atoms with E-state index in [1.807, 2.05) is 19.1 Å². The van der Waals surface area contributed by atoms with E-state index in [4.69, 9.17) is 0 Å². The molecule has 0 amide bonds. The number of allylic oxidation sites excluding steroid dienone is 2. The van der Waals surface area contributed by atoms with E-state index in [0.717, 1.165) is 49.8 Å². The Morgan fingerprint density at radius 1 is 0.935 bits per heavy atom. The van der Waals surface area contributed by atoms with Crippen molar-refractivity contribution in [2.75, 3.05) is 0 Å². The first-order valence-corrected chi connectivity index (χ1v) is 13.1. The molecule has 2 aliphatic rings. The van der Waals surface area contributed by atoms with Crippen LogP contribution in [0.15, 0.2) is 69.5 Å². The van der Waals surface area contributed by atoms with Crippen LogP contribution in [0.2, 0.25) is 0 Å². The summed E-state index contributed by atoms with van der Waals surface area (Å²) >= 11 is 0. The van der Waals surface area contributed by atoms with Crippen molar-refractivity contribution in [1.82, 2.24) is 0 Å². The molecule has 0 atom stereocenters. The third-order valence-electron chi connectivity index (χ3n) is 6.89. The minimum atomic E-state index is -3.73. The fourth-order valence-corrected chi connectivity index (χ4v) is 6.39. The van der Waals surface area contributed by atoms with Crippen molar-refractivity contribution in [2.24, 2.45) is 9.81 Å². The minimum absolute atomic E-state index is 0.0321. The van der Waals surface area contributed by atoms with Gasteiger partial charge in [-0.05, 0) is 61.4 Å². The van der Waals surface area contributed by atoms with Crippen LogP contribution in [0, 0.1) is 12.3 Å². The Balaban J connectivity index is 1.86. The van der Waals surface area contributed by atoms with Crippen LogP contribution in [0.1, 0.15) is 75.8 Å². The van der Waals surface area contributed by atoms with Crippen LogP contribution in [-0.2, 0) is 10.0 Å². The second kappa shape index (κ2) is 9.12. The molecule has 0 N–H and O–H groups in total. The number of aryl methyl sites for hydroxylation is 1. The second-order valence-electron chi connectivity index (χ2n) is 9.17. The summed E-state index contributed by atoms with van der Waals surface area (Å²) in [7, 11) is -3.73. The molecule has 1 saturated carbocycles. The Morgan fingerprint density at radius 3 is 2.26 bits per heavy atom. The third kappa shape index (κ3) is 4.55. The van der Waals surface area contributed by atoms with Crippen molar-refractivity contribution < 1.29 is 8.42 Å². The number of sulfonamides is 1. The normalized spacial score (nSPS) is 20.0. The highest BCUT2D eigenvalue weighted by Gasteiger charge is 2.45.